The Hall–Kier alpha value is -0.820. The van der Waals surface area contributed by atoms with E-state index in [1.807, 2.05) is 45.2 Å². The van der Waals surface area contributed by atoms with Gasteiger partial charge in [-0.3, -0.25) is 19.3 Å². The van der Waals surface area contributed by atoms with Crippen LogP contribution in [0.2, 0.25) is 0 Å². The number of halogens is 2. The van der Waals surface area contributed by atoms with Gasteiger partial charge in [-0.1, -0.05) is 12.8 Å². The first-order valence-corrected chi connectivity index (χ1v) is 11.6. The molecule has 1 aromatic rings. The van der Waals surface area contributed by atoms with Crippen LogP contribution in [0.1, 0.15) is 31.2 Å². The Morgan fingerprint density at radius 3 is 2.30 bits per heavy atom. The van der Waals surface area contributed by atoms with Crippen molar-refractivity contribution in [3.8, 4) is 5.75 Å². The van der Waals surface area contributed by atoms with E-state index in [2.05, 4.69) is 0 Å². The number of likely N-dealkylation sites (tertiary alicyclic amines) is 1. The molecule has 27 heavy (non-hydrogen) atoms. The average molecular weight is 612 g/mol. The largest absolute Gasteiger partial charge is 0.506 e. The van der Waals surface area contributed by atoms with Crippen molar-refractivity contribution in [3.05, 3.63) is 29.7 Å². The lowest BCUT2D eigenvalue weighted by Crippen LogP contribution is -2.42. The van der Waals surface area contributed by atoms with Crippen LogP contribution in [0.4, 0.5) is 4.79 Å². The highest BCUT2D eigenvalue weighted by molar-refractivity contribution is 14.1. The van der Waals surface area contributed by atoms with Gasteiger partial charge in [0.15, 0.2) is 0 Å². The van der Waals surface area contributed by atoms with Gasteiger partial charge in [0, 0.05) is 13.1 Å². The van der Waals surface area contributed by atoms with Gasteiger partial charge in [-0.2, -0.15) is 0 Å². The molecule has 144 valence electrons. The van der Waals surface area contributed by atoms with Gasteiger partial charge >= 0.3 is 0 Å². The highest BCUT2D eigenvalue weighted by atomic mass is 127. The SMILES string of the molecule is O=C(CN1C(=O)SC(=Cc2cc(I)c(O)c(I)c2)C1=O)N1CCCCCC1. The molecule has 3 rings (SSSR count). The number of aromatic hydroxyl groups is 1. The van der Waals surface area contributed by atoms with Crippen LogP contribution >= 0.6 is 56.9 Å². The van der Waals surface area contributed by atoms with Gasteiger partial charge in [-0.05, 0) is 93.6 Å². The normalized spacial score (nSPS) is 19.7. The van der Waals surface area contributed by atoms with Gasteiger partial charge in [-0.15, -0.1) is 0 Å². The van der Waals surface area contributed by atoms with Crippen molar-refractivity contribution in [2.45, 2.75) is 25.7 Å². The van der Waals surface area contributed by atoms with Crippen LogP contribution in [0.3, 0.4) is 0 Å². The summed E-state index contributed by atoms with van der Waals surface area (Å²) in [6.07, 6.45) is 5.78. The summed E-state index contributed by atoms with van der Waals surface area (Å²) in [5, 5.41) is 9.44. The maximum absolute atomic E-state index is 12.6. The number of hydrogen-bond acceptors (Lipinski definition) is 5. The summed E-state index contributed by atoms with van der Waals surface area (Å²) in [6, 6.07) is 3.49. The second kappa shape index (κ2) is 9.12. The molecule has 0 radical (unpaired) electrons. The second-order valence-electron chi connectivity index (χ2n) is 6.40. The summed E-state index contributed by atoms with van der Waals surface area (Å²) < 4.78 is 1.34. The Bertz CT molecular complexity index is 797. The fourth-order valence-electron chi connectivity index (χ4n) is 3.01. The Balaban J connectivity index is 1.74. The van der Waals surface area contributed by atoms with Crippen molar-refractivity contribution >= 4 is 80.1 Å². The van der Waals surface area contributed by atoms with Crippen LogP contribution in [0.5, 0.6) is 5.75 Å². The Morgan fingerprint density at radius 2 is 1.70 bits per heavy atom. The van der Waals surface area contributed by atoms with E-state index in [-0.39, 0.29) is 18.2 Å². The highest BCUT2D eigenvalue weighted by Crippen LogP contribution is 2.34. The molecule has 0 aromatic heterocycles. The predicted octanol–water partition coefficient (Wildman–Crippen LogP) is 4.04. The molecule has 3 amide bonds. The minimum absolute atomic E-state index is 0.172. The number of phenolic OH excluding ortho intramolecular Hbond substituents is 1. The van der Waals surface area contributed by atoms with Crippen molar-refractivity contribution in [1.29, 1.82) is 0 Å². The fraction of sp³-hybridized carbons (Fsp3) is 0.389. The summed E-state index contributed by atoms with van der Waals surface area (Å²) in [5.74, 6) is -0.412. The summed E-state index contributed by atoms with van der Waals surface area (Å²) >= 11 is 4.88. The zero-order valence-electron chi connectivity index (χ0n) is 14.4. The lowest BCUT2D eigenvalue weighted by Gasteiger charge is -2.22. The molecule has 0 saturated carbocycles. The maximum atomic E-state index is 12.6. The molecular weight excluding hydrogens is 594 g/mol. The Labute approximate surface area is 189 Å². The van der Waals surface area contributed by atoms with Crippen molar-refractivity contribution in [2.75, 3.05) is 19.6 Å². The van der Waals surface area contributed by atoms with Gasteiger partial charge in [0.05, 0.1) is 12.0 Å². The van der Waals surface area contributed by atoms with E-state index in [0.717, 1.165) is 47.9 Å². The molecule has 2 saturated heterocycles. The zero-order chi connectivity index (χ0) is 19.6. The van der Waals surface area contributed by atoms with Crippen LogP contribution in [0.25, 0.3) is 6.08 Å². The smallest absolute Gasteiger partial charge is 0.294 e. The van der Waals surface area contributed by atoms with E-state index >= 15 is 0 Å². The number of amides is 3. The number of phenols is 1. The Kier molecular flexibility index (Phi) is 7.06. The van der Waals surface area contributed by atoms with Gasteiger partial charge < -0.3 is 10.0 Å². The monoisotopic (exact) mass is 612 g/mol. The van der Waals surface area contributed by atoms with Gasteiger partial charge in [0.2, 0.25) is 5.91 Å². The number of benzene rings is 1. The molecule has 6 nitrogen and oxygen atoms in total. The molecular formula is C18H18I2N2O4S. The van der Waals surface area contributed by atoms with Crippen molar-refractivity contribution in [1.82, 2.24) is 9.80 Å². The third-order valence-electron chi connectivity index (χ3n) is 4.46. The van der Waals surface area contributed by atoms with E-state index < -0.39 is 11.1 Å². The molecule has 2 heterocycles. The molecule has 0 spiro atoms. The first-order chi connectivity index (χ1) is 12.9. The quantitative estimate of drug-likeness (QED) is 0.412. The molecule has 2 aliphatic heterocycles. The highest BCUT2D eigenvalue weighted by Gasteiger charge is 2.37. The Morgan fingerprint density at radius 1 is 1.11 bits per heavy atom. The van der Waals surface area contributed by atoms with Crippen LogP contribution in [0.15, 0.2) is 17.0 Å². The number of nitrogens with zero attached hydrogens (tertiary/aromatic N) is 2. The number of carbonyl (C=O) groups excluding carboxylic acids is 3. The van der Waals surface area contributed by atoms with E-state index in [4.69, 9.17) is 0 Å². The lowest BCUT2D eigenvalue weighted by molar-refractivity contribution is -0.135. The summed E-state index contributed by atoms with van der Waals surface area (Å²) in [6.45, 7) is 1.18. The topological polar surface area (TPSA) is 77.9 Å². The van der Waals surface area contributed by atoms with Gasteiger partial charge in [0.1, 0.15) is 12.3 Å². The third kappa shape index (κ3) is 4.97. The van der Waals surface area contributed by atoms with Gasteiger partial charge in [-0.25, -0.2) is 0 Å². The standard InChI is InChI=1S/C18H18I2N2O4S/c19-12-7-11(8-13(20)16(12)24)9-14-17(25)22(18(26)27-14)10-15(23)21-5-3-1-2-4-6-21/h7-9,24H,1-6,10H2. The van der Waals surface area contributed by atoms with Crippen molar-refractivity contribution in [2.24, 2.45) is 0 Å². The van der Waals surface area contributed by atoms with Crippen LogP contribution < -0.4 is 0 Å². The summed E-state index contributed by atoms with van der Waals surface area (Å²) in [5.41, 5.74) is 0.728. The average Bonchev–Trinajstić information content (AvgIpc) is 2.84. The molecule has 9 heteroatoms. The molecule has 2 fully saturated rings. The molecule has 2 aliphatic rings. The van der Waals surface area contributed by atoms with Gasteiger partial charge in [0.25, 0.3) is 11.1 Å². The minimum atomic E-state index is -0.439. The predicted molar refractivity (Wildman–Crippen MR) is 121 cm³/mol. The number of thioether (sulfide) groups is 1. The van der Waals surface area contributed by atoms with Crippen LogP contribution in [0, 0.1) is 7.14 Å². The third-order valence-corrected chi connectivity index (χ3v) is 7.01. The zero-order valence-corrected chi connectivity index (χ0v) is 19.5. The van der Waals surface area contributed by atoms with E-state index in [1.165, 1.54) is 0 Å². The summed E-state index contributed by atoms with van der Waals surface area (Å²) in [4.78, 5) is 40.5. The molecule has 0 unspecified atom stereocenters. The number of rotatable bonds is 3. The molecule has 0 bridgehead atoms. The first-order valence-electron chi connectivity index (χ1n) is 8.58. The van der Waals surface area contributed by atoms with E-state index in [1.54, 1.807) is 23.1 Å². The van der Waals surface area contributed by atoms with Crippen LogP contribution in [-0.4, -0.2) is 51.6 Å². The van der Waals surface area contributed by atoms with Crippen molar-refractivity contribution < 1.29 is 19.5 Å². The summed E-state index contributed by atoms with van der Waals surface area (Å²) in [7, 11) is 0. The minimum Gasteiger partial charge on any atom is -0.506 e. The lowest BCUT2D eigenvalue weighted by atomic mass is 10.2. The van der Waals surface area contributed by atoms with Crippen LogP contribution in [-0.2, 0) is 9.59 Å². The molecule has 1 N–H and O–H groups in total. The molecule has 1 aromatic carbocycles. The first kappa shape index (κ1) is 20.9. The second-order valence-corrected chi connectivity index (χ2v) is 9.71. The number of carbonyl (C=O) groups is 3. The van der Waals surface area contributed by atoms with Crippen molar-refractivity contribution in [3.63, 3.8) is 0 Å². The number of imide groups is 1. The van der Waals surface area contributed by atoms with E-state index in [9.17, 15) is 19.5 Å². The van der Waals surface area contributed by atoms with E-state index in [0.29, 0.717) is 25.1 Å². The molecule has 0 aliphatic carbocycles. The number of hydrogen-bond donors (Lipinski definition) is 1. The fourth-order valence-corrected chi connectivity index (χ4v) is 5.67. The maximum Gasteiger partial charge on any atom is 0.294 e. The molecule has 0 atom stereocenters.